The third-order valence-electron chi connectivity index (χ3n) is 3.28. The van der Waals surface area contributed by atoms with Crippen LogP contribution in [-0.4, -0.2) is 0 Å². The number of hydrogen-bond donors (Lipinski definition) is 1. The fourth-order valence-electron chi connectivity index (χ4n) is 2.26. The average molecular weight is 271 g/mol. The lowest BCUT2D eigenvalue weighted by atomic mass is 10.2. The van der Waals surface area contributed by atoms with Crippen LogP contribution >= 0.6 is 11.3 Å². The smallest absolute Gasteiger partial charge is 0.134 e. The van der Waals surface area contributed by atoms with Crippen LogP contribution in [0.4, 0.5) is 0 Å². The van der Waals surface area contributed by atoms with Crippen molar-refractivity contribution in [3.8, 4) is 0 Å². The van der Waals surface area contributed by atoms with Gasteiger partial charge < -0.3 is 9.73 Å². The first-order chi connectivity index (χ1) is 9.36. The summed E-state index contributed by atoms with van der Waals surface area (Å²) in [5.74, 6) is 0.996. The molecule has 0 radical (unpaired) electrons. The van der Waals surface area contributed by atoms with Crippen LogP contribution in [-0.2, 0) is 19.5 Å². The Kier molecular flexibility index (Phi) is 3.67. The summed E-state index contributed by atoms with van der Waals surface area (Å²) in [4.78, 5) is 1.43. The summed E-state index contributed by atoms with van der Waals surface area (Å²) < 4.78 is 5.78. The number of nitrogens with one attached hydrogen (secondary N) is 1. The maximum Gasteiger partial charge on any atom is 0.134 e. The molecule has 0 saturated carbocycles. The highest BCUT2D eigenvalue weighted by Crippen LogP contribution is 2.20. The van der Waals surface area contributed by atoms with Crippen molar-refractivity contribution in [1.82, 2.24) is 5.32 Å². The zero-order valence-corrected chi connectivity index (χ0v) is 11.8. The van der Waals surface area contributed by atoms with E-state index in [4.69, 9.17) is 4.42 Å². The molecule has 0 fully saturated rings. The number of furan rings is 1. The van der Waals surface area contributed by atoms with Gasteiger partial charge in [-0.25, -0.2) is 0 Å². The van der Waals surface area contributed by atoms with Crippen LogP contribution in [0.15, 0.2) is 46.2 Å². The minimum Gasteiger partial charge on any atom is -0.460 e. The standard InChI is InChI=1S/C16H17NOS/c1-2-12-7-8-19-16(12)11-17-10-14-9-13-5-3-4-6-15(13)18-14/h3-9,17H,2,10-11H2,1H3. The van der Waals surface area contributed by atoms with E-state index in [-0.39, 0.29) is 0 Å². The molecule has 2 aromatic heterocycles. The fraction of sp³-hybridized carbons (Fsp3) is 0.250. The van der Waals surface area contributed by atoms with Crippen molar-refractivity contribution in [2.45, 2.75) is 26.4 Å². The molecule has 1 aromatic carbocycles. The average Bonchev–Trinajstić information content (AvgIpc) is 3.04. The van der Waals surface area contributed by atoms with Crippen molar-refractivity contribution in [3.05, 3.63) is 58.0 Å². The Labute approximate surface area is 117 Å². The summed E-state index contributed by atoms with van der Waals surface area (Å²) in [5, 5.41) is 6.79. The van der Waals surface area contributed by atoms with Crippen molar-refractivity contribution in [2.75, 3.05) is 0 Å². The van der Waals surface area contributed by atoms with Crippen molar-refractivity contribution in [2.24, 2.45) is 0 Å². The molecule has 2 nitrogen and oxygen atoms in total. The lowest BCUT2D eigenvalue weighted by Crippen LogP contribution is -2.12. The Hall–Kier alpha value is -1.58. The van der Waals surface area contributed by atoms with E-state index in [1.54, 1.807) is 0 Å². The molecule has 0 aliphatic heterocycles. The van der Waals surface area contributed by atoms with E-state index >= 15 is 0 Å². The second-order valence-corrected chi connectivity index (χ2v) is 5.58. The third-order valence-corrected chi connectivity index (χ3v) is 4.24. The monoisotopic (exact) mass is 271 g/mol. The molecule has 0 amide bonds. The summed E-state index contributed by atoms with van der Waals surface area (Å²) >= 11 is 1.82. The van der Waals surface area contributed by atoms with Crippen molar-refractivity contribution < 1.29 is 4.42 Å². The Balaban J connectivity index is 1.63. The van der Waals surface area contributed by atoms with Crippen LogP contribution < -0.4 is 5.32 Å². The highest BCUT2D eigenvalue weighted by atomic mass is 32.1. The highest BCUT2D eigenvalue weighted by Gasteiger charge is 2.04. The summed E-state index contributed by atoms with van der Waals surface area (Å²) in [6.07, 6.45) is 1.10. The van der Waals surface area contributed by atoms with Gasteiger partial charge in [-0.15, -0.1) is 11.3 Å². The van der Waals surface area contributed by atoms with Crippen molar-refractivity contribution in [1.29, 1.82) is 0 Å². The summed E-state index contributed by atoms with van der Waals surface area (Å²) in [7, 11) is 0. The minimum atomic E-state index is 0.774. The van der Waals surface area contributed by atoms with Gasteiger partial charge in [-0.05, 0) is 35.6 Å². The van der Waals surface area contributed by atoms with E-state index < -0.39 is 0 Å². The Morgan fingerprint density at radius 2 is 2.05 bits per heavy atom. The molecule has 3 aromatic rings. The predicted molar refractivity (Wildman–Crippen MR) is 80.5 cm³/mol. The second-order valence-electron chi connectivity index (χ2n) is 4.58. The number of hydrogen-bond acceptors (Lipinski definition) is 3. The largest absolute Gasteiger partial charge is 0.460 e. The number of fused-ring (bicyclic) bond motifs is 1. The molecule has 0 bridgehead atoms. The SMILES string of the molecule is CCc1ccsc1CNCc1cc2ccccc2o1. The van der Waals surface area contributed by atoms with Crippen molar-refractivity contribution >= 4 is 22.3 Å². The van der Waals surface area contributed by atoms with Gasteiger partial charge in [-0.2, -0.15) is 0 Å². The van der Waals surface area contributed by atoms with Gasteiger partial charge in [0, 0.05) is 16.8 Å². The Bertz CT molecular complexity index is 635. The molecule has 0 aliphatic carbocycles. The number of para-hydroxylation sites is 1. The maximum atomic E-state index is 5.78. The molecule has 0 aliphatic rings. The van der Waals surface area contributed by atoms with Crippen LogP contribution in [0.5, 0.6) is 0 Å². The molecule has 0 spiro atoms. The summed E-state index contributed by atoms with van der Waals surface area (Å²) in [5.41, 5.74) is 2.41. The molecule has 98 valence electrons. The minimum absolute atomic E-state index is 0.774. The van der Waals surface area contributed by atoms with E-state index in [0.717, 1.165) is 30.9 Å². The van der Waals surface area contributed by atoms with Gasteiger partial charge in [0.2, 0.25) is 0 Å². The van der Waals surface area contributed by atoms with Crippen molar-refractivity contribution in [3.63, 3.8) is 0 Å². The predicted octanol–water partition coefficient (Wildman–Crippen LogP) is 4.35. The Morgan fingerprint density at radius 1 is 1.16 bits per heavy atom. The van der Waals surface area contributed by atoms with E-state index in [2.05, 4.69) is 35.8 Å². The first-order valence-corrected chi connectivity index (χ1v) is 7.48. The third kappa shape index (κ3) is 2.72. The van der Waals surface area contributed by atoms with E-state index in [0.29, 0.717) is 0 Å². The lowest BCUT2D eigenvalue weighted by Gasteiger charge is -2.02. The molecule has 0 saturated heterocycles. The van der Waals surface area contributed by atoms with E-state index in [1.807, 2.05) is 29.5 Å². The normalized spacial score (nSPS) is 11.2. The quantitative estimate of drug-likeness (QED) is 0.746. The zero-order chi connectivity index (χ0) is 13.1. The number of benzene rings is 1. The van der Waals surface area contributed by atoms with Crippen LogP contribution in [0.3, 0.4) is 0 Å². The lowest BCUT2D eigenvalue weighted by molar-refractivity contribution is 0.514. The van der Waals surface area contributed by atoms with Gasteiger partial charge in [0.15, 0.2) is 0 Å². The van der Waals surface area contributed by atoms with E-state index in [9.17, 15) is 0 Å². The summed E-state index contributed by atoms with van der Waals surface area (Å²) in [6, 6.07) is 12.4. The van der Waals surface area contributed by atoms with Gasteiger partial charge >= 0.3 is 0 Å². The highest BCUT2D eigenvalue weighted by molar-refractivity contribution is 7.10. The van der Waals surface area contributed by atoms with Gasteiger partial charge in [0.1, 0.15) is 11.3 Å². The molecule has 19 heavy (non-hydrogen) atoms. The molecule has 0 unspecified atom stereocenters. The number of rotatable bonds is 5. The molecular weight excluding hydrogens is 254 g/mol. The van der Waals surface area contributed by atoms with E-state index in [1.165, 1.54) is 15.8 Å². The molecule has 1 N–H and O–H groups in total. The van der Waals surface area contributed by atoms with Gasteiger partial charge in [-0.1, -0.05) is 25.1 Å². The first kappa shape index (κ1) is 12.5. The Morgan fingerprint density at radius 3 is 2.89 bits per heavy atom. The van der Waals surface area contributed by atoms with Gasteiger partial charge in [0.05, 0.1) is 6.54 Å². The molecule has 3 rings (SSSR count). The van der Waals surface area contributed by atoms with Crippen LogP contribution in [0.25, 0.3) is 11.0 Å². The van der Waals surface area contributed by atoms with Crippen LogP contribution in [0, 0.1) is 0 Å². The molecule has 0 atom stereocenters. The topological polar surface area (TPSA) is 25.2 Å². The maximum absolute atomic E-state index is 5.78. The zero-order valence-electron chi connectivity index (χ0n) is 11.0. The molecular formula is C16H17NOS. The van der Waals surface area contributed by atoms with Gasteiger partial charge in [0.25, 0.3) is 0 Å². The summed E-state index contributed by atoms with van der Waals surface area (Å²) in [6.45, 7) is 3.89. The first-order valence-electron chi connectivity index (χ1n) is 6.60. The van der Waals surface area contributed by atoms with Gasteiger partial charge in [-0.3, -0.25) is 0 Å². The fourth-order valence-corrected chi connectivity index (χ4v) is 3.21. The molecule has 3 heteroatoms. The number of thiophene rings is 1. The van der Waals surface area contributed by atoms with Crippen LogP contribution in [0.2, 0.25) is 0 Å². The second kappa shape index (κ2) is 5.59. The van der Waals surface area contributed by atoms with Crippen LogP contribution in [0.1, 0.15) is 23.1 Å². The number of aryl methyl sites for hydroxylation is 1. The molecule has 2 heterocycles.